The van der Waals surface area contributed by atoms with E-state index in [2.05, 4.69) is 46.2 Å². The van der Waals surface area contributed by atoms with Gasteiger partial charge in [0.15, 0.2) is 5.69 Å². The first-order valence-corrected chi connectivity index (χ1v) is 6.51. The Hall–Kier alpha value is -1.67. The molecule has 0 N–H and O–H groups in total. The molecule has 1 heterocycles. The first kappa shape index (κ1) is 12.8. The van der Waals surface area contributed by atoms with Crippen LogP contribution in [0.25, 0.3) is 11.3 Å². The molecule has 0 aliphatic rings. The van der Waals surface area contributed by atoms with Gasteiger partial charge in [0.1, 0.15) is 11.8 Å². The van der Waals surface area contributed by atoms with Crippen molar-refractivity contribution in [3.8, 4) is 17.3 Å². The molecule has 0 unspecified atom stereocenters. The molecule has 0 spiro atoms. The number of benzene rings is 1. The summed E-state index contributed by atoms with van der Waals surface area (Å²) >= 11 is 3.50. The predicted octanol–water partition coefficient (Wildman–Crippen LogP) is 3.24. The highest BCUT2D eigenvalue weighted by atomic mass is 79.9. The summed E-state index contributed by atoms with van der Waals surface area (Å²) in [6.07, 6.45) is 0. The van der Waals surface area contributed by atoms with Crippen molar-refractivity contribution in [3.05, 3.63) is 34.4 Å². The first-order valence-electron chi connectivity index (χ1n) is 5.72. The average molecular weight is 305 g/mol. The van der Waals surface area contributed by atoms with Gasteiger partial charge >= 0.3 is 0 Å². The van der Waals surface area contributed by atoms with E-state index in [1.165, 1.54) is 0 Å². The molecule has 0 radical (unpaired) electrons. The second kappa shape index (κ2) is 5.32. The standard InChI is InChI=1S/C13H13BrN4/c1-9(2)8-18-13(12(7-15)16-17-18)10-5-3-4-6-11(10)14/h3-6,9H,8H2,1-2H3. The second-order valence-corrected chi connectivity index (χ2v) is 5.31. The maximum Gasteiger partial charge on any atom is 0.190 e. The molecule has 0 atom stereocenters. The van der Waals surface area contributed by atoms with Crippen molar-refractivity contribution in [1.82, 2.24) is 15.0 Å². The van der Waals surface area contributed by atoms with Crippen LogP contribution in [0.4, 0.5) is 0 Å². The molecule has 5 heteroatoms. The van der Waals surface area contributed by atoms with Crippen LogP contribution in [0.5, 0.6) is 0 Å². The Labute approximate surface area is 114 Å². The summed E-state index contributed by atoms with van der Waals surface area (Å²) in [6.45, 7) is 4.96. The molecule has 92 valence electrons. The van der Waals surface area contributed by atoms with Gasteiger partial charge in [-0.2, -0.15) is 5.26 Å². The largest absolute Gasteiger partial charge is 0.243 e. The van der Waals surface area contributed by atoms with Crippen LogP contribution in [0.2, 0.25) is 0 Å². The molecule has 2 rings (SSSR count). The maximum atomic E-state index is 9.14. The summed E-state index contributed by atoms with van der Waals surface area (Å²) in [5.74, 6) is 0.444. The fourth-order valence-corrected chi connectivity index (χ4v) is 2.25. The van der Waals surface area contributed by atoms with Crippen LogP contribution < -0.4 is 0 Å². The molecule has 0 saturated heterocycles. The summed E-state index contributed by atoms with van der Waals surface area (Å²) < 4.78 is 2.73. The fourth-order valence-electron chi connectivity index (χ4n) is 1.78. The molecule has 0 aliphatic heterocycles. The van der Waals surface area contributed by atoms with Crippen LogP contribution in [-0.2, 0) is 6.54 Å². The molecule has 18 heavy (non-hydrogen) atoms. The van der Waals surface area contributed by atoms with Gasteiger partial charge in [-0.25, -0.2) is 4.68 Å². The molecule has 0 amide bonds. The fraction of sp³-hybridized carbons (Fsp3) is 0.308. The third kappa shape index (κ3) is 2.44. The van der Waals surface area contributed by atoms with Gasteiger partial charge in [-0.1, -0.05) is 53.2 Å². The van der Waals surface area contributed by atoms with Crippen molar-refractivity contribution >= 4 is 15.9 Å². The van der Waals surface area contributed by atoms with Gasteiger partial charge in [0.2, 0.25) is 0 Å². The van der Waals surface area contributed by atoms with Gasteiger partial charge in [0, 0.05) is 16.6 Å². The Morgan fingerprint density at radius 3 is 2.72 bits per heavy atom. The van der Waals surface area contributed by atoms with E-state index < -0.39 is 0 Å². The monoisotopic (exact) mass is 304 g/mol. The molecule has 2 aromatic rings. The molecular formula is C13H13BrN4. The van der Waals surface area contributed by atoms with Crippen LogP contribution in [0.3, 0.4) is 0 Å². The molecule has 0 fully saturated rings. The number of halogens is 1. The topological polar surface area (TPSA) is 54.5 Å². The Morgan fingerprint density at radius 2 is 2.11 bits per heavy atom. The number of aromatic nitrogens is 3. The van der Waals surface area contributed by atoms with E-state index in [0.717, 1.165) is 22.3 Å². The average Bonchev–Trinajstić information content (AvgIpc) is 2.72. The molecule has 1 aromatic heterocycles. The van der Waals surface area contributed by atoms with Crippen LogP contribution >= 0.6 is 15.9 Å². The van der Waals surface area contributed by atoms with E-state index in [-0.39, 0.29) is 0 Å². The molecular weight excluding hydrogens is 292 g/mol. The van der Waals surface area contributed by atoms with Crippen molar-refractivity contribution in [2.45, 2.75) is 20.4 Å². The zero-order valence-electron chi connectivity index (χ0n) is 10.3. The van der Waals surface area contributed by atoms with Crippen molar-refractivity contribution in [2.75, 3.05) is 0 Å². The van der Waals surface area contributed by atoms with Crippen molar-refractivity contribution < 1.29 is 0 Å². The summed E-state index contributed by atoms with van der Waals surface area (Å²) in [4.78, 5) is 0. The highest BCUT2D eigenvalue weighted by molar-refractivity contribution is 9.10. The Kier molecular flexibility index (Phi) is 3.78. The molecule has 0 bridgehead atoms. The van der Waals surface area contributed by atoms with Crippen LogP contribution in [0.15, 0.2) is 28.7 Å². The number of nitriles is 1. The van der Waals surface area contributed by atoms with Gasteiger partial charge in [-0.15, -0.1) is 5.10 Å². The van der Waals surface area contributed by atoms with E-state index in [9.17, 15) is 0 Å². The van der Waals surface area contributed by atoms with Gasteiger partial charge in [-0.05, 0) is 12.0 Å². The lowest BCUT2D eigenvalue weighted by molar-refractivity contribution is 0.475. The lowest BCUT2D eigenvalue weighted by Gasteiger charge is -2.10. The number of rotatable bonds is 3. The first-order chi connectivity index (χ1) is 8.63. The molecule has 4 nitrogen and oxygen atoms in total. The third-order valence-corrected chi connectivity index (χ3v) is 3.20. The van der Waals surface area contributed by atoms with Crippen molar-refractivity contribution in [1.29, 1.82) is 5.26 Å². The lowest BCUT2D eigenvalue weighted by Crippen LogP contribution is -2.08. The van der Waals surface area contributed by atoms with Gasteiger partial charge < -0.3 is 0 Å². The van der Waals surface area contributed by atoms with Gasteiger partial charge in [0.05, 0.1) is 0 Å². The second-order valence-electron chi connectivity index (χ2n) is 4.45. The Bertz CT molecular complexity index is 595. The zero-order valence-corrected chi connectivity index (χ0v) is 11.8. The highest BCUT2D eigenvalue weighted by Gasteiger charge is 2.17. The molecule has 1 aromatic carbocycles. The lowest BCUT2D eigenvalue weighted by atomic mass is 10.1. The summed E-state index contributed by atoms with van der Waals surface area (Å²) in [6, 6.07) is 9.89. The van der Waals surface area contributed by atoms with Crippen molar-refractivity contribution in [3.63, 3.8) is 0 Å². The van der Waals surface area contributed by atoms with Crippen LogP contribution in [-0.4, -0.2) is 15.0 Å². The summed E-state index contributed by atoms with van der Waals surface area (Å²) in [7, 11) is 0. The van der Waals surface area contributed by atoms with E-state index >= 15 is 0 Å². The minimum Gasteiger partial charge on any atom is -0.243 e. The molecule has 0 saturated carbocycles. The predicted molar refractivity (Wildman–Crippen MR) is 72.7 cm³/mol. The van der Waals surface area contributed by atoms with Crippen LogP contribution in [0, 0.1) is 17.2 Å². The van der Waals surface area contributed by atoms with Gasteiger partial charge in [-0.3, -0.25) is 0 Å². The minimum absolute atomic E-state index is 0.363. The smallest absolute Gasteiger partial charge is 0.190 e. The maximum absolute atomic E-state index is 9.14. The van der Waals surface area contributed by atoms with Gasteiger partial charge in [0.25, 0.3) is 0 Å². The summed E-state index contributed by atoms with van der Waals surface area (Å²) in [5, 5.41) is 17.1. The van der Waals surface area contributed by atoms with Crippen LogP contribution in [0.1, 0.15) is 19.5 Å². The SMILES string of the molecule is CC(C)Cn1nnc(C#N)c1-c1ccccc1Br. The van der Waals surface area contributed by atoms with Crippen molar-refractivity contribution in [2.24, 2.45) is 5.92 Å². The van der Waals surface area contributed by atoms with E-state index in [4.69, 9.17) is 5.26 Å². The number of hydrogen-bond acceptors (Lipinski definition) is 3. The normalized spacial score (nSPS) is 10.6. The Balaban J connectivity index is 2.58. The Morgan fingerprint density at radius 1 is 1.39 bits per heavy atom. The minimum atomic E-state index is 0.363. The highest BCUT2D eigenvalue weighted by Crippen LogP contribution is 2.29. The third-order valence-electron chi connectivity index (χ3n) is 2.51. The summed E-state index contributed by atoms with van der Waals surface area (Å²) in [5.41, 5.74) is 2.08. The van der Waals surface area contributed by atoms with E-state index in [1.54, 1.807) is 4.68 Å². The number of hydrogen-bond donors (Lipinski definition) is 0. The zero-order chi connectivity index (χ0) is 13.1. The quantitative estimate of drug-likeness (QED) is 0.874. The van der Waals surface area contributed by atoms with E-state index in [1.807, 2.05) is 24.3 Å². The van der Waals surface area contributed by atoms with E-state index in [0.29, 0.717) is 11.6 Å². The molecule has 0 aliphatic carbocycles. The number of nitrogens with zero attached hydrogens (tertiary/aromatic N) is 4.